The summed E-state index contributed by atoms with van der Waals surface area (Å²) >= 11 is 0. The van der Waals surface area contributed by atoms with Crippen LogP contribution < -0.4 is 16.4 Å². The molecule has 0 radical (unpaired) electrons. The number of hydrogen-bond acceptors (Lipinski definition) is 0. The van der Waals surface area contributed by atoms with Gasteiger partial charge in [-0.15, -0.1) is 0 Å². The molecule has 0 saturated carbocycles. The third kappa shape index (κ3) is 3.51. The van der Waals surface area contributed by atoms with Crippen molar-refractivity contribution in [2.24, 2.45) is 0 Å². The van der Waals surface area contributed by atoms with Gasteiger partial charge in [0.15, 0.2) is 58.2 Å². The Balaban J connectivity index is 2.58. The molecule has 0 aromatic heterocycles. The predicted molar refractivity (Wildman–Crippen MR) is 83.5 cm³/mol. The molecule has 0 fully saturated rings. The highest BCUT2D eigenvalue weighted by molar-refractivity contribution is 6.95. The normalized spacial score (nSPS) is 11.2. The Labute approximate surface area is 164 Å². The molecule has 3 aromatic carbocycles. The molecule has 162 valence electrons. The Morgan fingerprint density at radius 2 is 0.613 bits per heavy atom. The summed E-state index contributed by atoms with van der Waals surface area (Å²) in [5.74, 6) is -28.3. The Hall–Kier alpha value is -3.12. The molecule has 0 heterocycles. The molecule has 13 heteroatoms. The molecule has 0 nitrogen and oxygen atoms in total. The summed E-state index contributed by atoms with van der Waals surface area (Å²) in [5.41, 5.74) is -6.19. The molecule has 0 N–H and O–H groups in total. The lowest BCUT2D eigenvalue weighted by molar-refractivity contribution is 0.438. The fraction of sp³-hybridized carbons (Fsp3) is 0. The molecule has 0 bridgehead atoms. The molecule has 0 aliphatic carbocycles. The fourth-order valence-corrected chi connectivity index (χ4v) is 2.97. The molecular formula is C18H3BF12. The number of halogens is 12. The highest BCUT2D eigenvalue weighted by Crippen LogP contribution is 2.19. The molecule has 0 aliphatic heterocycles. The number of hydrogen-bond donors (Lipinski definition) is 0. The second-order valence-electron chi connectivity index (χ2n) is 6.08. The summed E-state index contributed by atoms with van der Waals surface area (Å²) in [4.78, 5) is 0. The van der Waals surface area contributed by atoms with Crippen LogP contribution in [-0.2, 0) is 0 Å². The van der Waals surface area contributed by atoms with Crippen molar-refractivity contribution >= 4 is 23.1 Å². The first-order valence-electron chi connectivity index (χ1n) is 7.87. The van der Waals surface area contributed by atoms with E-state index in [4.69, 9.17) is 0 Å². The number of rotatable bonds is 3. The average Bonchev–Trinajstić information content (AvgIpc) is 2.69. The van der Waals surface area contributed by atoms with E-state index in [0.717, 1.165) is 0 Å². The van der Waals surface area contributed by atoms with Gasteiger partial charge in [0, 0.05) is 34.6 Å². The van der Waals surface area contributed by atoms with E-state index in [-0.39, 0.29) is 6.07 Å². The van der Waals surface area contributed by atoms with Crippen molar-refractivity contribution in [3.05, 3.63) is 88.0 Å². The summed E-state index contributed by atoms with van der Waals surface area (Å²) in [7, 11) is 0. The summed E-state index contributed by atoms with van der Waals surface area (Å²) in [5, 5.41) is 0. The first-order chi connectivity index (χ1) is 14.4. The van der Waals surface area contributed by atoms with Crippen molar-refractivity contribution in [2.45, 2.75) is 0 Å². The molecule has 0 unspecified atom stereocenters. The van der Waals surface area contributed by atoms with Crippen LogP contribution in [0.2, 0.25) is 0 Å². The van der Waals surface area contributed by atoms with Gasteiger partial charge in [0.2, 0.25) is 0 Å². The van der Waals surface area contributed by atoms with Crippen molar-refractivity contribution in [2.75, 3.05) is 0 Å². The van der Waals surface area contributed by atoms with E-state index < -0.39 is 105 Å². The zero-order chi connectivity index (χ0) is 23.4. The van der Waals surface area contributed by atoms with Crippen LogP contribution in [0.15, 0.2) is 18.2 Å². The summed E-state index contributed by atoms with van der Waals surface area (Å²) in [6, 6.07) is -1.18. The molecule has 0 atom stereocenters. The van der Waals surface area contributed by atoms with Crippen molar-refractivity contribution in [1.29, 1.82) is 0 Å². The lowest BCUT2D eigenvalue weighted by atomic mass is 9.36. The molecule has 0 spiro atoms. The highest BCUT2D eigenvalue weighted by atomic mass is 19.2. The quantitative estimate of drug-likeness (QED) is 0.242. The largest absolute Gasteiger partial charge is 0.264 e. The monoisotopic (exact) mass is 458 g/mol. The Kier molecular flexibility index (Phi) is 5.72. The maximum atomic E-state index is 14.4. The van der Waals surface area contributed by atoms with Gasteiger partial charge in [0.1, 0.15) is 11.6 Å². The van der Waals surface area contributed by atoms with Gasteiger partial charge in [0.25, 0.3) is 6.71 Å². The summed E-state index contributed by atoms with van der Waals surface area (Å²) in [6.45, 7) is -3.30. The van der Waals surface area contributed by atoms with Crippen LogP contribution in [0, 0.1) is 69.8 Å². The lowest BCUT2D eigenvalue weighted by Crippen LogP contribution is -2.60. The molecular weight excluding hydrogens is 455 g/mol. The zero-order valence-corrected chi connectivity index (χ0v) is 14.3. The first-order valence-corrected chi connectivity index (χ1v) is 7.87. The van der Waals surface area contributed by atoms with E-state index in [9.17, 15) is 52.7 Å². The SMILES string of the molecule is Fc1cc(F)c(B(c2c(F)cc(F)c(F)c2F)c2c(F)c(F)cc(F)c2F)c(F)c1F. The maximum Gasteiger partial charge on any atom is 0.264 e. The zero-order valence-electron chi connectivity index (χ0n) is 14.3. The fourth-order valence-electron chi connectivity index (χ4n) is 2.97. The van der Waals surface area contributed by atoms with Crippen molar-refractivity contribution in [1.82, 2.24) is 0 Å². The average molecular weight is 458 g/mol. The predicted octanol–water partition coefficient (Wildman–Crippen LogP) is 3.87. The number of benzene rings is 3. The molecule has 0 saturated heterocycles. The Morgan fingerprint density at radius 1 is 0.323 bits per heavy atom. The molecule has 31 heavy (non-hydrogen) atoms. The minimum atomic E-state index is -3.30. The van der Waals surface area contributed by atoms with Crippen molar-refractivity contribution in [3.8, 4) is 0 Å². The Morgan fingerprint density at radius 3 is 0.968 bits per heavy atom. The van der Waals surface area contributed by atoms with Gasteiger partial charge in [-0.1, -0.05) is 0 Å². The Bertz CT molecular complexity index is 1130. The van der Waals surface area contributed by atoms with Gasteiger partial charge in [-0.05, 0) is 0 Å². The van der Waals surface area contributed by atoms with Gasteiger partial charge in [-0.3, -0.25) is 0 Å². The summed E-state index contributed by atoms with van der Waals surface area (Å²) < 4.78 is 167. The lowest BCUT2D eigenvalue weighted by Gasteiger charge is -2.20. The van der Waals surface area contributed by atoms with Gasteiger partial charge < -0.3 is 0 Å². The maximum absolute atomic E-state index is 14.4. The topological polar surface area (TPSA) is 0 Å². The standard InChI is InChI=1S/C18H3BF12/c20-4-1-8(24)15(28)17(30)10(4)19(11-5(21)2-9(25)16(29)18(11)31)12-13(26)6(22)3-7(23)14(12)27/h1-3H. The van der Waals surface area contributed by atoms with Crippen molar-refractivity contribution in [3.63, 3.8) is 0 Å². The summed E-state index contributed by atoms with van der Waals surface area (Å²) in [6.07, 6.45) is 0. The van der Waals surface area contributed by atoms with E-state index >= 15 is 0 Å². The third-order valence-electron chi connectivity index (χ3n) is 4.31. The minimum Gasteiger partial charge on any atom is -0.207 e. The first kappa shape index (κ1) is 22.6. The van der Waals surface area contributed by atoms with Crippen LogP contribution in [-0.4, -0.2) is 6.71 Å². The van der Waals surface area contributed by atoms with E-state index in [0.29, 0.717) is 0 Å². The van der Waals surface area contributed by atoms with Gasteiger partial charge >= 0.3 is 0 Å². The van der Waals surface area contributed by atoms with E-state index in [1.807, 2.05) is 0 Å². The molecule has 3 aromatic rings. The third-order valence-corrected chi connectivity index (χ3v) is 4.31. The van der Waals surface area contributed by atoms with Crippen LogP contribution in [0.4, 0.5) is 52.7 Å². The minimum absolute atomic E-state index is 0.374. The van der Waals surface area contributed by atoms with Gasteiger partial charge in [-0.25, -0.2) is 52.7 Å². The molecule has 0 amide bonds. The van der Waals surface area contributed by atoms with Crippen LogP contribution in [0.3, 0.4) is 0 Å². The van der Waals surface area contributed by atoms with E-state index in [1.165, 1.54) is 0 Å². The van der Waals surface area contributed by atoms with Gasteiger partial charge in [0.05, 0.1) is 0 Å². The van der Waals surface area contributed by atoms with Crippen molar-refractivity contribution < 1.29 is 52.7 Å². The second-order valence-corrected chi connectivity index (χ2v) is 6.08. The van der Waals surface area contributed by atoms with E-state index in [2.05, 4.69) is 0 Å². The van der Waals surface area contributed by atoms with Crippen LogP contribution in [0.5, 0.6) is 0 Å². The highest BCUT2D eigenvalue weighted by Gasteiger charge is 2.41. The second kappa shape index (κ2) is 7.86. The molecule has 3 rings (SSSR count). The smallest absolute Gasteiger partial charge is 0.207 e. The molecule has 0 aliphatic rings. The van der Waals surface area contributed by atoms with E-state index in [1.54, 1.807) is 0 Å². The van der Waals surface area contributed by atoms with Crippen LogP contribution >= 0.6 is 0 Å². The van der Waals surface area contributed by atoms with Gasteiger partial charge in [-0.2, -0.15) is 0 Å². The van der Waals surface area contributed by atoms with Crippen LogP contribution in [0.25, 0.3) is 0 Å². The van der Waals surface area contributed by atoms with Crippen LogP contribution in [0.1, 0.15) is 0 Å².